The van der Waals surface area contributed by atoms with Crippen LogP contribution >= 0.6 is 27.5 Å². The number of esters is 1. The van der Waals surface area contributed by atoms with Crippen molar-refractivity contribution in [1.29, 1.82) is 0 Å². The second-order valence-corrected chi connectivity index (χ2v) is 4.98. The summed E-state index contributed by atoms with van der Waals surface area (Å²) >= 11 is 9.59. The van der Waals surface area contributed by atoms with Gasteiger partial charge >= 0.3 is 5.97 Å². The van der Waals surface area contributed by atoms with E-state index < -0.39 is 0 Å². The quantitative estimate of drug-likeness (QED) is 0.556. The van der Waals surface area contributed by atoms with Gasteiger partial charge in [-0.15, -0.1) is 0 Å². The van der Waals surface area contributed by atoms with Gasteiger partial charge in [0.05, 0.1) is 6.61 Å². The van der Waals surface area contributed by atoms with Crippen molar-refractivity contribution in [3.05, 3.63) is 27.2 Å². The molecule has 0 aromatic heterocycles. The first-order chi connectivity index (χ1) is 9.08. The Labute approximate surface area is 126 Å². The molecule has 0 saturated carbocycles. The van der Waals surface area contributed by atoms with Crippen LogP contribution in [0.1, 0.15) is 18.9 Å². The van der Waals surface area contributed by atoms with E-state index in [4.69, 9.17) is 25.8 Å². The maximum Gasteiger partial charge on any atom is 0.306 e. The van der Waals surface area contributed by atoms with Crippen LogP contribution in [0.5, 0.6) is 5.75 Å². The lowest BCUT2D eigenvalue weighted by Crippen LogP contribution is -2.06. The van der Waals surface area contributed by atoms with E-state index in [-0.39, 0.29) is 12.8 Å². The fourth-order valence-electron chi connectivity index (χ4n) is 1.49. The SMILES string of the molecule is CCOC(=O)CCc1c(Cl)cc(OCOC)cc1Br. The van der Waals surface area contributed by atoms with Crippen LogP contribution < -0.4 is 4.74 Å². The molecule has 0 radical (unpaired) electrons. The summed E-state index contributed by atoms with van der Waals surface area (Å²) in [6, 6.07) is 3.50. The van der Waals surface area contributed by atoms with Crippen LogP contribution in [0.2, 0.25) is 5.02 Å². The highest BCUT2D eigenvalue weighted by atomic mass is 79.9. The normalized spacial score (nSPS) is 10.3. The molecule has 0 aliphatic rings. The first-order valence-corrected chi connectivity index (χ1v) is 7.00. The third-order valence-electron chi connectivity index (χ3n) is 2.34. The Hall–Kier alpha value is -0.780. The third-order valence-corrected chi connectivity index (χ3v) is 3.39. The molecule has 0 N–H and O–H groups in total. The number of methoxy groups -OCH3 is 1. The minimum atomic E-state index is -0.231. The number of benzene rings is 1. The lowest BCUT2D eigenvalue weighted by Gasteiger charge is -2.11. The van der Waals surface area contributed by atoms with Crippen LogP contribution in [0.4, 0.5) is 0 Å². The van der Waals surface area contributed by atoms with Crippen LogP contribution in [0.3, 0.4) is 0 Å². The number of ether oxygens (including phenoxy) is 3. The number of carbonyl (C=O) groups is 1. The van der Waals surface area contributed by atoms with Gasteiger partial charge in [-0.2, -0.15) is 0 Å². The van der Waals surface area contributed by atoms with Gasteiger partial charge in [0.1, 0.15) is 5.75 Å². The molecule has 1 rings (SSSR count). The van der Waals surface area contributed by atoms with Crippen LogP contribution in [-0.2, 0) is 20.7 Å². The predicted octanol–water partition coefficient (Wildman–Crippen LogP) is 3.58. The standard InChI is InChI=1S/C13H16BrClO4/c1-3-18-13(16)5-4-10-11(14)6-9(7-12(10)15)19-8-17-2/h6-7H,3-5,8H2,1-2H3. The molecule has 0 bridgehead atoms. The zero-order valence-corrected chi connectivity index (χ0v) is 13.2. The van der Waals surface area contributed by atoms with E-state index in [0.29, 0.717) is 30.2 Å². The van der Waals surface area contributed by atoms with Crippen LogP contribution in [0, 0.1) is 0 Å². The molecule has 0 spiro atoms. The molecule has 6 heteroatoms. The second-order valence-electron chi connectivity index (χ2n) is 3.72. The summed E-state index contributed by atoms with van der Waals surface area (Å²) in [6.45, 7) is 2.32. The highest BCUT2D eigenvalue weighted by Gasteiger charge is 2.11. The summed E-state index contributed by atoms with van der Waals surface area (Å²) in [4.78, 5) is 11.3. The molecular formula is C13H16BrClO4. The Morgan fingerprint density at radius 2 is 2.16 bits per heavy atom. The fourth-order valence-corrected chi connectivity index (χ4v) is 2.54. The Bertz CT molecular complexity index is 414. The summed E-state index contributed by atoms with van der Waals surface area (Å²) in [7, 11) is 1.55. The molecule has 4 nitrogen and oxygen atoms in total. The highest BCUT2D eigenvalue weighted by molar-refractivity contribution is 9.10. The molecular weight excluding hydrogens is 335 g/mol. The number of rotatable bonds is 7. The van der Waals surface area contributed by atoms with E-state index in [9.17, 15) is 4.79 Å². The van der Waals surface area contributed by atoms with Gasteiger partial charge in [0, 0.05) is 23.0 Å². The summed E-state index contributed by atoms with van der Waals surface area (Å²) in [5.74, 6) is 0.379. The molecule has 106 valence electrons. The summed E-state index contributed by atoms with van der Waals surface area (Å²) < 4.78 is 15.8. The fraction of sp³-hybridized carbons (Fsp3) is 0.462. The smallest absolute Gasteiger partial charge is 0.306 e. The first kappa shape index (κ1) is 16.3. The average molecular weight is 352 g/mol. The maximum absolute atomic E-state index is 11.3. The Morgan fingerprint density at radius 1 is 1.42 bits per heavy atom. The van der Waals surface area contributed by atoms with E-state index in [2.05, 4.69) is 15.9 Å². The minimum Gasteiger partial charge on any atom is -0.467 e. The van der Waals surface area contributed by atoms with E-state index in [1.165, 1.54) is 0 Å². The van der Waals surface area contributed by atoms with Crippen molar-refractivity contribution in [3.63, 3.8) is 0 Å². The van der Waals surface area contributed by atoms with Crippen molar-refractivity contribution in [2.75, 3.05) is 20.5 Å². The molecule has 1 aromatic carbocycles. The van der Waals surface area contributed by atoms with Crippen molar-refractivity contribution in [2.45, 2.75) is 19.8 Å². The van der Waals surface area contributed by atoms with Crippen LogP contribution in [0.25, 0.3) is 0 Å². The summed E-state index contributed by atoms with van der Waals surface area (Å²) in [5, 5.41) is 0.546. The zero-order valence-electron chi connectivity index (χ0n) is 10.9. The van der Waals surface area contributed by atoms with Gasteiger partial charge in [0.15, 0.2) is 6.79 Å². The average Bonchev–Trinajstić information content (AvgIpc) is 2.35. The van der Waals surface area contributed by atoms with Gasteiger partial charge in [0.25, 0.3) is 0 Å². The molecule has 0 unspecified atom stereocenters. The lowest BCUT2D eigenvalue weighted by atomic mass is 10.1. The Balaban J connectivity index is 2.71. The Kier molecular flexibility index (Phi) is 7.20. The molecule has 0 amide bonds. The molecule has 0 atom stereocenters. The Morgan fingerprint density at radius 3 is 2.74 bits per heavy atom. The van der Waals surface area contributed by atoms with E-state index in [0.717, 1.165) is 10.0 Å². The van der Waals surface area contributed by atoms with E-state index in [1.54, 1.807) is 26.2 Å². The first-order valence-electron chi connectivity index (χ1n) is 5.83. The van der Waals surface area contributed by atoms with Gasteiger partial charge in [-0.1, -0.05) is 27.5 Å². The molecule has 0 aliphatic heterocycles. The van der Waals surface area contributed by atoms with Gasteiger partial charge in [-0.05, 0) is 31.0 Å². The summed E-state index contributed by atoms with van der Waals surface area (Å²) in [6.07, 6.45) is 0.813. The molecule has 0 aliphatic carbocycles. The molecule has 1 aromatic rings. The molecule has 0 saturated heterocycles. The number of carbonyl (C=O) groups excluding carboxylic acids is 1. The molecule has 0 fully saturated rings. The highest BCUT2D eigenvalue weighted by Crippen LogP contribution is 2.31. The van der Waals surface area contributed by atoms with Gasteiger partial charge < -0.3 is 14.2 Å². The van der Waals surface area contributed by atoms with Gasteiger partial charge in [-0.25, -0.2) is 0 Å². The number of hydrogen-bond donors (Lipinski definition) is 0. The van der Waals surface area contributed by atoms with Crippen LogP contribution in [-0.4, -0.2) is 26.5 Å². The maximum atomic E-state index is 11.3. The van der Waals surface area contributed by atoms with Gasteiger partial charge in [-0.3, -0.25) is 4.79 Å². The van der Waals surface area contributed by atoms with E-state index in [1.807, 2.05) is 0 Å². The topological polar surface area (TPSA) is 44.8 Å². The predicted molar refractivity (Wildman–Crippen MR) is 76.6 cm³/mol. The monoisotopic (exact) mass is 350 g/mol. The van der Waals surface area contributed by atoms with Crippen molar-refractivity contribution in [3.8, 4) is 5.75 Å². The molecule has 0 heterocycles. The zero-order chi connectivity index (χ0) is 14.3. The van der Waals surface area contributed by atoms with Crippen molar-refractivity contribution < 1.29 is 19.0 Å². The number of hydrogen-bond acceptors (Lipinski definition) is 4. The number of halogens is 2. The van der Waals surface area contributed by atoms with E-state index >= 15 is 0 Å². The van der Waals surface area contributed by atoms with Gasteiger partial charge in [0.2, 0.25) is 0 Å². The third kappa shape index (κ3) is 5.38. The summed E-state index contributed by atoms with van der Waals surface area (Å²) in [5.41, 5.74) is 0.861. The van der Waals surface area contributed by atoms with Crippen LogP contribution in [0.15, 0.2) is 16.6 Å². The van der Waals surface area contributed by atoms with Crippen molar-refractivity contribution in [2.24, 2.45) is 0 Å². The van der Waals surface area contributed by atoms with Crippen molar-refractivity contribution >= 4 is 33.5 Å². The minimum absolute atomic E-state index is 0.158. The second kappa shape index (κ2) is 8.40. The lowest BCUT2D eigenvalue weighted by molar-refractivity contribution is -0.143. The van der Waals surface area contributed by atoms with Crippen molar-refractivity contribution in [1.82, 2.24) is 0 Å². The molecule has 19 heavy (non-hydrogen) atoms. The largest absolute Gasteiger partial charge is 0.467 e.